The molecule has 1 rings (SSSR count). The largest absolute Gasteiger partial charge is 0.461 e. The van der Waals surface area contributed by atoms with Crippen molar-refractivity contribution in [1.29, 1.82) is 0 Å². The highest BCUT2D eigenvalue weighted by atomic mass is 16.5. The van der Waals surface area contributed by atoms with Gasteiger partial charge in [0, 0.05) is 6.20 Å². The molecule has 0 bridgehead atoms. The molecular weight excluding hydrogens is 154 g/mol. The summed E-state index contributed by atoms with van der Waals surface area (Å²) in [5.41, 5.74) is 1.61. The average molecular weight is 163 g/mol. The number of hydrogen-bond donors (Lipinski definition) is 0. The van der Waals surface area contributed by atoms with E-state index in [4.69, 9.17) is 0 Å². The summed E-state index contributed by atoms with van der Waals surface area (Å²) < 4.78 is 4.57. The van der Waals surface area contributed by atoms with Gasteiger partial charge in [-0.1, -0.05) is 18.7 Å². The van der Waals surface area contributed by atoms with Gasteiger partial charge in [0.25, 0.3) is 6.47 Å². The third-order valence-electron chi connectivity index (χ3n) is 1.43. The molecule has 0 radical (unpaired) electrons. The van der Waals surface area contributed by atoms with Crippen molar-refractivity contribution in [1.82, 2.24) is 4.98 Å². The minimum atomic E-state index is 0.200. The maximum atomic E-state index is 9.90. The molecule has 0 saturated heterocycles. The van der Waals surface area contributed by atoms with Crippen LogP contribution in [0.2, 0.25) is 0 Å². The summed E-state index contributed by atoms with van der Waals surface area (Å²) in [6, 6.07) is 3.67. The first-order valence-corrected chi connectivity index (χ1v) is 3.50. The van der Waals surface area contributed by atoms with Gasteiger partial charge in [-0.05, 0) is 11.6 Å². The van der Waals surface area contributed by atoms with Gasteiger partial charge in [0.1, 0.15) is 6.61 Å². The molecule has 1 heterocycles. The second-order valence-corrected chi connectivity index (χ2v) is 2.15. The standard InChI is InChI=1S/C9H9NO2/c1-2-8-4-3-5-10-9(8)6-12-7-11/h2-5,7H,1,6H2. The lowest BCUT2D eigenvalue weighted by molar-refractivity contribution is -0.129. The molecule has 0 aliphatic heterocycles. The van der Waals surface area contributed by atoms with Gasteiger partial charge in [0.2, 0.25) is 0 Å². The van der Waals surface area contributed by atoms with Crippen LogP contribution in [0, 0.1) is 0 Å². The fraction of sp³-hybridized carbons (Fsp3) is 0.111. The van der Waals surface area contributed by atoms with Crippen molar-refractivity contribution in [2.75, 3.05) is 0 Å². The van der Waals surface area contributed by atoms with E-state index in [0.717, 1.165) is 11.3 Å². The lowest BCUT2D eigenvalue weighted by atomic mass is 10.2. The smallest absolute Gasteiger partial charge is 0.293 e. The Morgan fingerprint density at radius 1 is 1.67 bits per heavy atom. The molecule has 3 nitrogen and oxygen atoms in total. The van der Waals surface area contributed by atoms with Crippen LogP contribution in [0.3, 0.4) is 0 Å². The van der Waals surface area contributed by atoms with Crippen molar-refractivity contribution in [3.63, 3.8) is 0 Å². The van der Waals surface area contributed by atoms with Gasteiger partial charge in [-0.3, -0.25) is 9.78 Å². The number of pyridine rings is 1. The van der Waals surface area contributed by atoms with Crippen molar-refractivity contribution in [3.8, 4) is 0 Å². The molecular formula is C9H9NO2. The van der Waals surface area contributed by atoms with E-state index in [2.05, 4.69) is 16.3 Å². The molecule has 0 unspecified atom stereocenters. The highest BCUT2D eigenvalue weighted by Crippen LogP contribution is 2.06. The van der Waals surface area contributed by atoms with Gasteiger partial charge in [0.15, 0.2) is 0 Å². The normalized spacial score (nSPS) is 9.00. The maximum Gasteiger partial charge on any atom is 0.293 e. The van der Waals surface area contributed by atoms with Crippen LogP contribution in [0.1, 0.15) is 11.3 Å². The summed E-state index contributed by atoms with van der Waals surface area (Å²) >= 11 is 0. The Bertz CT molecular complexity index is 284. The number of hydrogen-bond acceptors (Lipinski definition) is 3. The van der Waals surface area contributed by atoms with E-state index in [0.29, 0.717) is 6.47 Å². The number of carbonyl (C=O) groups excluding carboxylic acids is 1. The molecule has 3 heteroatoms. The molecule has 0 aromatic carbocycles. The Labute approximate surface area is 70.7 Å². The first kappa shape index (κ1) is 8.46. The number of rotatable bonds is 4. The first-order chi connectivity index (χ1) is 5.88. The molecule has 0 amide bonds. The topological polar surface area (TPSA) is 39.2 Å². The van der Waals surface area contributed by atoms with Gasteiger partial charge in [0.05, 0.1) is 5.69 Å². The highest BCUT2D eigenvalue weighted by molar-refractivity contribution is 5.49. The van der Waals surface area contributed by atoms with Crippen LogP contribution in [-0.4, -0.2) is 11.5 Å². The second-order valence-electron chi connectivity index (χ2n) is 2.15. The van der Waals surface area contributed by atoms with Crippen molar-refractivity contribution in [3.05, 3.63) is 36.2 Å². The zero-order valence-corrected chi connectivity index (χ0v) is 6.56. The third-order valence-corrected chi connectivity index (χ3v) is 1.43. The van der Waals surface area contributed by atoms with Crippen LogP contribution in [0.25, 0.3) is 6.08 Å². The van der Waals surface area contributed by atoms with Crippen molar-refractivity contribution in [2.45, 2.75) is 6.61 Å². The summed E-state index contributed by atoms with van der Waals surface area (Å²) in [4.78, 5) is 13.9. The third kappa shape index (κ3) is 1.92. The Kier molecular flexibility index (Phi) is 3.02. The summed E-state index contributed by atoms with van der Waals surface area (Å²) in [7, 11) is 0. The molecule has 0 saturated carbocycles. The minimum absolute atomic E-state index is 0.200. The Hall–Kier alpha value is -1.64. The van der Waals surface area contributed by atoms with Crippen LogP contribution < -0.4 is 0 Å². The van der Waals surface area contributed by atoms with Crippen molar-refractivity contribution in [2.24, 2.45) is 0 Å². The molecule has 0 N–H and O–H groups in total. The van der Waals surface area contributed by atoms with Gasteiger partial charge >= 0.3 is 0 Å². The molecule has 0 spiro atoms. The Balaban J connectivity index is 2.81. The number of carbonyl (C=O) groups is 1. The van der Waals surface area contributed by atoms with Gasteiger partial charge < -0.3 is 4.74 Å². The monoisotopic (exact) mass is 163 g/mol. The van der Waals surface area contributed by atoms with E-state index in [1.807, 2.05) is 6.07 Å². The molecule has 12 heavy (non-hydrogen) atoms. The lowest BCUT2D eigenvalue weighted by Gasteiger charge is -2.01. The van der Waals surface area contributed by atoms with E-state index in [9.17, 15) is 4.79 Å². The molecule has 1 aromatic rings. The van der Waals surface area contributed by atoms with Crippen LogP contribution in [0.5, 0.6) is 0 Å². The predicted octanol–water partition coefficient (Wildman–Crippen LogP) is 1.40. The SMILES string of the molecule is C=Cc1cccnc1COC=O. The van der Waals surface area contributed by atoms with E-state index in [1.165, 1.54) is 0 Å². The van der Waals surface area contributed by atoms with Crippen LogP contribution in [-0.2, 0) is 16.1 Å². The molecule has 62 valence electrons. The second kappa shape index (κ2) is 4.28. The van der Waals surface area contributed by atoms with E-state index < -0.39 is 0 Å². The molecule has 1 aromatic heterocycles. The summed E-state index contributed by atoms with van der Waals surface area (Å²) in [6.45, 7) is 4.22. The Morgan fingerprint density at radius 2 is 2.50 bits per heavy atom. The molecule has 0 atom stereocenters. The van der Waals surface area contributed by atoms with Crippen molar-refractivity contribution < 1.29 is 9.53 Å². The number of nitrogens with zero attached hydrogens (tertiary/aromatic N) is 1. The predicted molar refractivity (Wildman–Crippen MR) is 45.2 cm³/mol. The minimum Gasteiger partial charge on any atom is -0.461 e. The summed E-state index contributed by atoms with van der Waals surface area (Å²) in [5.74, 6) is 0. The van der Waals surface area contributed by atoms with Crippen LogP contribution >= 0.6 is 0 Å². The number of aromatic nitrogens is 1. The van der Waals surface area contributed by atoms with Gasteiger partial charge in [-0.2, -0.15) is 0 Å². The van der Waals surface area contributed by atoms with Gasteiger partial charge in [-0.25, -0.2) is 0 Å². The first-order valence-electron chi connectivity index (χ1n) is 3.50. The van der Waals surface area contributed by atoms with Crippen LogP contribution in [0.15, 0.2) is 24.9 Å². The van der Waals surface area contributed by atoms with Crippen molar-refractivity contribution >= 4 is 12.5 Å². The average Bonchev–Trinajstić information content (AvgIpc) is 2.15. The quantitative estimate of drug-likeness (QED) is 0.630. The summed E-state index contributed by atoms with van der Waals surface area (Å²) in [5, 5.41) is 0. The number of ether oxygens (including phenoxy) is 1. The van der Waals surface area contributed by atoms with Gasteiger partial charge in [-0.15, -0.1) is 0 Å². The van der Waals surface area contributed by atoms with Crippen LogP contribution in [0.4, 0.5) is 0 Å². The van der Waals surface area contributed by atoms with E-state index in [-0.39, 0.29) is 6.61 Å². The molecule has 0 fully saturated rings. The lowest BCUT2D eigenvalue weighted by Crippen LogP contribution is -1.96. The Morgan fingerprint density at radius 3 is 3.17 bits per heavy atom. The zero-order valence-electron chi connectivity index (χ0n) is 6.56. The fourth-order valence-corrected chi connectivity index (χ4v) is 0.870. The zero-order chi connectivity index (χ0) is 8.81. The van der Waals surface area contributed by atoms with E-state index >= 15 is 0 Å². The molecule has 0 aliphatic rings. The van der Waals surface area contributed by atoms with E-state index in [1.54, 1.807) is 18.3 Å². The fourth-order valence-electron chi connectivity index (χ4n) is 0.870. The maximum absolute atomic E-state index is 9.90. The summed E-state index contributed by atoms with van der Waals surface area (Å²) in [6.07, 6.45) is 3.33. The molecule has 0 aliphatic carbocycles. The highest BCUT2D eigenvalue weighted by Gasteiger charge is 1.98.